The van der Waals surface area contributed by atoms with Crippen LogP contribution in [0.2, 0.25) is 19.6 Å². The lowest BCUT2D eigenvalue weighted by atomic mass is 9.98. The van der Waals surface area contributed by atoms with Crippen molar-refractivity contribution in [3.05, 3.63) is 116 Å². The molecule has 174 valence electrons. The molecular formula is C33H28N2Si. The predicted molar refractivity (Wildman–Crippen MR) is 156 cm³/mol. The van der Waals surface area contributed by atoms with Gasteiger partial charge in [-0.1, -0.05) is 104 Å². The van der Waals surface area contributed by atoms with E-state index in [-0.39, 0.29) is 0 Å². The zero-order valence-corrected chi connectivity index (χ0v) is 21.9. The molecule has 3 heteroatoms. The molecule has 0 N–H and O–H groups in total. The molecule has 0 amide bonds. The van der Waals surface area contributed by atoms with Gasteiger partial charge < -0.3 is 0 Å². The summed E-state index contributed by atoms with van der Waals surface area (Å²) in [6.07, 6.45) is 3.81. The van der Waals surface area contributed by atoms with Crippen molar-refractivity contribution in [3.8, 4) is 33.5 Å². The molecule has 0 unspecified atom stereocenters. The van der Waals surface area contributed by atoms with Gasteiger partial charge in [0.15, 0.2) is 0 Å². The Morgan fingerprint density at radius 3 is 1.89 bits per heavy atom. The molecule has 2 aromatic heterocycles. The fourth-order valence-electron chi connectivity index (χ4n) is 4.80. The third kappa shape index (κ3) is 4.23. The Morgan fingerprint density at radius 2 is 1.19 bits per heavy atom. The van der Waals surface area contributed by atoms with Crippen LogP contribution in [0.25, 0.3) is 55.2 Å². The van der Waals surface area contributed by atoms with Crippen LogP contribution in [0.15, 0.2) is 116 Å². The molecule has 2 heterocycles. The fraction of sp³-hybridized carbons (Fsp3) is 0.0909. The molecule has 0 atom stereocenters. The van der Waals surface area contributed by atoms with Crippen LogP contribution in [0.5, 0.6) is 0 Å². The molecule has 2 nitrogen and oxygen atoms in total. The summed E-state index contributed by atoms with van der Waals surface area (Å²) < 4.78 is 0. The van der Waals surface area contributed by atoms with Gasteiger partial charge in [0.2, 0.25) is 0 Å². The number of fused-ring (bicyclic) bond motifs is 2. The molecule has 4 aromatic carbocycles. The van der Waals surface area contributed by atoms with E-state index in [0.717, 1.165) is 27.7 Å². The van der Waals surface area contributed by atoms with Gasteiger partial charge in [-0.05, 0) is 51.7 Å². The first-order chi connectivity index (χ1) is 17.5. The zero-order chi connectivity index (χ0) is 24.7. The van der Waals surface area contributed by atoms with E-state index >= 15 is 0 Å². The minimum absolute atomic E-state index is 0.938. The van der Waals surface area contributed by atoms with Gasteiger partial charge >= 0.3 is 0 Å². The topological polar surface area (TPSA) is 25.8 Å². The van der Waals surface area contributed by atoms with E-state index in [1.807, 2.05) is 18.5 Å². The van der Waals surface area contributed by atoms with Gasteiger partial charge in [-0.2, -0.15) is 0 Å². The first kappa shape index (κ1) is 22.4. The Balaban J connectivity index is 1.33. The SMILES string of the molecule is C[Si](C)(C)c1ccc(-c2ccc3ccc(-c4ccc(-c5cccc6cccnc56)nc4)cc3c2)cc1. The number of benzene rings is 4. The number of hydrogen-bond donors (Lipinski definition) is 0. The van der Waals surface area contributed by atoms with Gasteiger partial charge in [0.1, 0.15) is 0 Å². The highest BCUT2D eigenvalue weighted by atomic mass is 28.3. The van der Waals surface area contributed by atoms with E-state index in [9.17, 15) is 0 Å². The van der Waals surface area contributed by atoms with Gasteiger partial charge in [0.05, 0.1) is 19.3 Å². The maximum atomic E-state index is 4.81. The Kier molecular flexibility index (Phi) is 5.50. The molecule has 0 bridgehead atoms. The van der Waals surface area contributed by atoms with E-state index < -0.39 is 8.07 Å². The van der Waals surface area contributed by atoms with Crippen LogP contribution in [0, 0.1) is 0 Å². The van der Waals surface area contributed by atoms with Crippen LogP contribution in [-0.2, 0) is 0 Å². The van der Waals surface area contributed by atoms with E-state index in [4.69, 9.17) is 4.98 Å². The smallest absolute Gasteiger partial charge is 0.0795 e. The van der Waals surface area contributed by atoms with Gasteiger partial charge in [0.25, 0.3) is 0 Å². The molecule has 0 saturated heterocycles. The second-order valence-corrected chi connectivity index (χ2v) is 15.5. The molecular weight excluding hydrogens is 452 g/mol. The second kappa shape index (κ2) is 8.85. The summed E-state index contributed by atoms with van der Waals surface area (Å²) in [5.74, 6) is 0. The largest absolute Gasteiger partial charge is 0.256 e. The van der Waals surface area contributed by atoms with Crippen molar-refractivity contribution in [3.63, 3.8) is 0 Å². The van der Waals surface area contributed by atoms with Crippen molar-refractivity contribution < 1.29 is 0 Å². The highest BCUT2D eigenvalue weighted by Gasteiger charge is 2.16. The first-order valence-electron chi connectivity index (χ1n) is 12.4. The number of nitrogens with zero attached hydrogens (tertiary/aromatic N) is 2. The average Bonchev–Trinajstić information content (AvgIpc) is 2.92. The Hall–Kier alpha value is -4.08. The standard InChI is InChI=1S/C33H28N2Si/c1-36(2,3)30-16-13-23(14-17-30)26-11-9-24-10-12-27(21-29(24)20-26)28-15-18-32(35-22-28)31-8-4-6-25-7-5-19-34-33(25)31/h4-22H,1-3H3. The van der Waals surface area contributed by atoms with Gasteiger partial charge in [-0.15, -0.1) is 0 Å². The van der Waals surface area contributed by atoms with Crippen LogP contribution in [-0.4, -0.2) is 18.0 Å². The summed E-state index contributed by atoms with van der Waals surface area (Å²) in [5.41, 5.74) is 7.77. The lowest BCUT2D eigenvalue weighted by molar-refractivity contribution is 1.32. The van der Waals surface area contributed by atoms with Crippen LogP contribution in [0.1, 0.15) is 0 Å². The number of rotatable bonds is 4. The highest BCUT2D eigenvalue weighted by molar-refractivity contribution is 6.88. The summed E-state index contributed by atoms with van der Waals surface area (Å²) in [6, 6.07) is 37.1. The maximum absolute atomic E-state index is 4.81. The van der Waals surface area contributed by atoms with E-state index in [1.54, 1.807) is 0 Å². The van der Waals surface area contributed by atoms with Gasteiger partial charge in [-0.3, -0.25) is 9.97 Å². The van der Waals surface area contributed by atoms with Gasteiger partial charge in [0, 0.05) is 28.9 Å². The van der Waals surface area contributed by atoms with Crippen molar-refractivity contribution in [2.45, 2.75) is 19.6 Å². The molecule has 0 aliphatic heterocycles. The number of para-hydroxylation sites is 1. The van der Waals surface area contributed by atoms with Crippen LogP contribution in [0.3, 0.4) is 0 Å². The van der Waals surface area contributed by atoms with Crippen molar-refractivity contribution in [1.82, 2.24) is 9.97 Å². The quantitative estimate of drug-likeness (QED) is 0.237. The summed E-state index contributed by atoms with van der Waals surface area (Å²) in [5, 5.41) is 5.10. The predicted octanol–water partition coefficient (Wildman–Crippen LogP) is 8.33. The normalized spacial score (nSPS) is 11.8. The molecule has 0 aliphatic carbocycles. The number of hydrogen-bond acceptors (Lipinski definition) is 2. The minimum Gasteiger partial charge on any atom is -0.256 e. The summed E-state index contributed by atoms with van der Waals surface area (Å²) in [6.45, 7) is 7.17. The Morgan fingerprint density at radius 1 is 0.528 bits per heavy atom. The van der Waals surface area contributed by atoms with E-state index in [0.29, 0.717) is 0 Å². The molecule has 6 rings (SSSR count). The lowest BCUT2D eigenvalue weighted by Crippen LogP contribution is -2.37. The Labute approximate surface area is 213 Å². The molecule has 0 saturated carbocycles. The molecule has 0 fully saturated rings. The third-order valence-electron chi connectivity index (χ3n) is 6.93. The summed E-state index contributed by atoms with van der Waals surface area (Å²) in [4.78, 5) is 9.40. The van der Waals surface area contributed by atoms with E-state index in [2.05, 4.69) is 122 Å². The summed E-state index contributed by atoms with van der Waals surface area (Å²) >= 11 is 0. The van der Waals surface area contributed by atoms with Crippen molar-refractivity contribution in [2.24, 2.45) is 0 Å². The molecule has 6 aromatic rings. The first-order valence-corrected chi connectivity index (χ1v) is 15.9. The lowest BCUT2D eigenvalue weighted by Gasteiger charge is -2.17. The monoisotopic (exact) mass is 480 g/mol. The minimum atomic E-state index is -1.29. The van der Waals surface area contributed by atoms with Crippen molar-refractivity contribution in [2.75, 3.05) is 0 Å². The van der Waals surface area contributed by atoms with E-state index in [1.165, 1.54) is 32.6 Å². The van der Waals surface area contributed by atoms with Crippen LogP contribution in [0.4, 0.5) is 0 Å². The maximum Gasteiger partial charge on any atom is 0.0795 e. The second-order valence-electron chi connectivity index (χ2n) is 10.4. The number of aromatic nitrogens is 2. The van der Waals surface area contributed by atoms with Crippen molar-refractivity contribution in [1.29, 1.82) is 0 Å². The van der Waals surface area contributed by atoms with Gasteiger partial charge in [-0.25, -0.2) is 0 Å². The highest BCUT2D eigenvalue weighted by Crippen LogP contribution is 2.30. The molecule has 0 spiro atoms. The zero-order valence-electron chi connectivity index (χ0n) is 20.9. The molecule has 0 aliphatic rings. The number of pyridine rings is 2. The van der Waals surface area contributed by atoms with Crippen LogP contribution >= 0.6 is 0 Å². The fourth-order valence-corrected chi connectivity index (χ4v) is 5.97. The van der Waals surface area contributed by atoms with Crippen LogP contribution < -0.4 is 5.19 Å². The summed E-state index contributed by atoms with van der Waals surface area (Å²) in [7, 11) is -1.29. The average molecular weight is 481 g/mol. The van der Waals surface area contributed by atoms with Crippen molar-refractivity contribution >= 4 is 34.9 Å². The third-order valence-corrected chi connectivity index (χ3v) is 9.00. The Bertz CT molecular complexity index is 1690. The molecule has 0 radical (unpaired) electrons. The molecule has 36 heavy (non-hydrogen) atoms.